The smallest absolute Gasteiger partial charge is 0.410 e. The molecule has 4 heterocycles. The Morgan fingerprint density at radius 3 is 2.45 bits per heavy atom. The Labute approximate surface area is 272 Å². The van der Waals surface area contributed by atoms with Gasteiger partial charge in [0, 0.05) is 48.8 Å². The van der Waals surface area contributed by atoms with Crippen molar-refractivity contribution in [1.29, 1.82) is 0 Å². The summed E-state index contributed by atoms with van der Waals surface area (Å²) in [6, 6.07) is 14.7. The van der Waals surface area contributed by atoms with E-state index in [1.807, 2.05) is 33.8 Å². The molecule has 6 rings (SSSR count). The molecule has 1 amide bonds. The highest BCUT2D eigenvalue weighted by Crippen LogP contribution is 2.35. The maximum atomic E-state index is 14.8. The van der Waals surface area contributed by atoms with E-state index in [1.165, 1.54) is 36.5 Å². The molecule has 47 heavy (non-hydrogen) atoms. The summed E-state index contributed by atoms with van der Waals surface area (Å²) >= 11 is 0. The molecular formula is C35H35F2N5O4S. The molecular weight excluding hydrogens is 624 g/mol. The number of aryl methyl sites for hydroxylation is 1. The third-order valence-corrected chi connectivity index (χ3v) is 9.59. The average molecular weight is 660 g/mol. The van der Waals surface area contributed by atoms with E-state index in [4.69, 9.17) is 4.74 Å². The van der Waals surface area contributed by atoms with Crippen molar-refractivity contribution in [3.63, 3.8) is 0 Å². The third-order valence-electron chi connectivity index (χ3n) is 7.90. The normalized spacial score (nSPS) is 15.5. The van der Waals surface area contributed by atoms with Gasteiger partial charge in [0.2, 0.25) is 0 Å². The van der Waals surface area contributed by atoms with Crippen molar-refractivity contribution < 1.29 is 26.7 Å². The second kappa shape index (κ2) is 12.4. The lowest BCUT2D eigenvalue weighted by Gasteiger charge is -2.34. The third kappa shape index (κ3) is 6.69. The number of rotatable bonds is 6. The minimum absolute atomic E-state index is 0.0199. The van der Waals surface area contributed by atoms with Gasteiger partial charge in [-0.15, -0.1) is 0 Å². The molecule has 0 spiro atoms. The van der Waals surface area contributed by atoms with Gasteiger partial charge in [-0.2, -0.15) is 0 Å². The Hall–Kier alpha value is -4.84. The van der Waals surface area contributed by atoms with Crippen LogP contribution in [0.5, 0.6) is 0 Å². The van der Waals surface area contributed by atoms with Gasteiger partial charge in [-0.05, 0) is 83.0 Å². The lowest BCUT2D eigenvalue weighted by Crippen LogP contribution is -2.47. The standard InChI is InChI=1S/C35H35F2N5O4S/c1-22-10-12-26(13-11-22)47(44,45)42-21-27(33-31(42)15-14-30(40-33)32-28(36)8-5-9-29(32)37)23-17-25(19-38-18-23)39-24-7-6-16-41(20-24)34(43)46-35(2,3)4/h5,8-15,17-19,21,24,39H,6-7,16,20H2,1-4H3. The van der Waals surface area contributed by atoms with Crippen molar-refractivity contribution in [2.45, 2.75) is 57.1 Å². The van der Waals surface area contributed by atoms with E-state index in [9.17, 15) is 22.0 Å². The van der Waals surface area contributed by atoms with Crippen molar-refractivity contribution in [2.24, 2.45) is 0 Å². The van der Waals surface area contributed by atoms with Gasteiger partial charge in [0.05, 0.1) is 32.9 Å². The van der Waals surface area contributed by atoms with Gasteiger partial charge < -0.3 is 15.0 Å². The number of piperidine rings is 1. The molecule has 244 valence electrons. The topological polar surface area (TPSA) is 106 Å². The molecule has 5 aromatic rings. The van der Waals surface area contributed by atoms with Crippen LogP contribution in [0.15, 0.2) is 84.1 Å². The number of nitrogens with one attached hydrogen (secondary N) is 1. The molecule has 0 saturated carbocycles. The molecule has 1 aliphatic heterocycles. The molecule has 1 N–H and O–H groups in total. The summed E-state index contributed by atoms with van der Waals surface area (Å²) < 4.78 is 64.1. The van der Waals surface area contributed by atoms with Crippen LogP contribution < -0.4 is 5.32 Å². The van der Waals surface area contributed by atoms with Crippen LogP contribution in [0.2, 0.25) is 0 Å². The van der Waals surface area contributed by atoms with E-state index in [2.05, 4.69) is 15.3 Å². The summed E-state index contributed by atoms with van der Waals surface area (Å²) in [6.07, 6.45) is 5.91. The molecule has 3 aromatic heterocycles. The molecule has 12 heteroatoms. The molecule has 1 unspecified atom stereocenters. The highest BCUT2D eigenvalue weighted by molar-refractivity contribution is 7.90. The van der Waals surface area contributed by atoms with Crippen LogP contribution in [-0.4, -0.2) is 58.1 Å². The lowest BCUT2D eigenvalue weighted by molar-refractivity contribution is 0.0206. The summed E-state index contributed by atoms with van der Waals surface area (Å²) in [5, 5.41) is 3.45. The fraction of sp³-hybridized carbons (Fsp3) is 0.286. The van der Waals surface area contributed by atoms with E-state index < -0.39 is 27.3 Å². The molecule has 1 saturated heterocycles. The Morgan fingerprint density at radius 2 is 1.74 bits per heavy atom. The SMILES string of the molecule is Cc1ccc(S(=O)(=O)n2cc(-c3cncc(NC4CCCN(C(=O)OC(C)(C)C)C4)c3)c3nc(-c4c(F)cccc4F)ccc32)cc1. The predicted octanol–water partition coefficient (Wildman–Crippen LogP) is 7.40. The van der Waals surface area contributed by atoms with E-state index >= 15 is 0 Å². The first-order valence-corrected chi connectivity index (χ1v) is 16.7. The average Bonchev–Trinajstić information content (AvgIpc) is 3.41. The Balaban J connectivity index is 1.41. The molecule has 9 nitrogen and oxygen atoms in total. The maximum absolute atomic E-state index is 14.8. The fourth-order valence-electron chi connectivity index (χ4n) is 5.68. The fourth-order valence-corrected chi connectivity index (χ4v) is 7.04. The van der Waals surface area contributed by atoms with Gasteiger partial charge in [0.15, 0.2) is 0 Å². The first-order valence-electron chi connectivity index (χ1n) is 15.3. The Morgan fingerprint density at radius 1 is 1.02 bits per heavy atom. The molecule has 1 fully saturated rings. The lowest BCUT2D eigenvalue weighted by atomic mass is 10.0. The number of likely N-dealkylation sites (tertiary alicyclic amines) is 1. The molecule has 0 aliphatic carbocycles. The first-order chi connectivity index (χ1) is 22.3. The highest BCUT2D eigenvalue weighted by atomic mass is 32.2. The van der Waals surface area contributed by atoms with Crippen molar-refractivity contribution in [2.75, 3.05) is 18.4 Å². The maximum Gasteiger partial charge on any atom is 0.410 e. The van der Waals surface area contributed by atoms with Gasteiger partial charge in [-0.1, -0.05) is 23.8 Å². The second-order valence-corrected chi connectivity index (χ2v) is 14.5. The van der Waals surface area contributed by atoms with Crippen molar-refractivity contribution in [3.05, 3.63) is 96.5 Å². The van der Waals surface area contributed by atoms with Crippen LogP contribution in [-0.2, 0) is 14.8 Å². The minimum atomic E-state index is -4.08. The van der Waals surface area contributed by atoms with E-state index in [-0.39, 0.29) is 39.3 Å². The van der Waals surface area contributed by atoms with Crippen LogP contribution >= 0.6 is 0 Å². The van der Waals surface area contributed by atoms with Crippen LogP contribution in [0.25, 0.3) is 33.4 Å². The Bertz CT molecular complexity index is 2050. The molecule has 1 aliphatic rings. The van der Waals surface area contributed by atoms with E-state index in [1.54, 1.807) is 29.4 Å². The zero-order valence-electron chi connectivity index (χ0n) is 26.5. The quantitative estimate of drug-likeness (QED) is 0.203. The van der Waals surface area contributed by atoms with Crippen molar-refractivity contribution in [3.8, 4) is 22.4 Å². The van der Waals surface area contributed by atoms with Gasteiger partial charge in [0.1, 0.15) is 17.2 Å². The minimum Gasteiger partial charge on any atom is -0.444 e. The summed E-state index contributed by atoms with van der Waals surface area (Å²) in [7, 11) is -4.08. The number of carbonyl (C=O) groups is 1. The largest absolute Gasteiger partial charge is 0.444 e. The Kier molecular flexibility index (Phi) is 8.47. The van der Waals surface area contributed by atoms with Gasteiger partial charge in [-0.3, -0.25) is 4.98 Å². The number of hydrogen-bond acceptors (Lipinski definition) is 7. The van der Waals surface area contributed by atoms with E-state index in [0.29, 0.717) is 29.9 Å². The highest BCUT2D eigenvalue weighted by Gasteiger charge is 2.28. The van der Waals surface area contributed by atoms with Crippen molar-refractivity contribution >= 4 is 32.8 Å². The number of benzene rings is 2. The molecule has 0 radical (unpaired) electrons. The zero-order valence-corrected chi connectivity index (χ0v) is 27.3. The molecule has 1 atom stereocenters. The van der Waals surface area contributed by atoms with Crippen LogP contribution in [0.1, 0.15) is 39.2 Å². The number of hydrogen-bond donors (Lipinski definition) is 1. The number of carbonyl (C=O) groups excluding carboxylic acids is 1. The van der Waals surface area contributed by atoms with Gasteiger partial charge in [0.25, 0.3) is 10.0 Å². The number of anilines is 1. The zero-order chi connectivity index (χ0) is 33.5. The molecule has 2 aromatic carbocycles. The number of nitrogens with zero attached hydrogens (tertiary/aromatic N) is 4. The predicted molar refractivity (Wildman–Crippen MR) is 177 cm³/mol. The summed E-state index contributed by atoms with van der Waals surface area (Å²) in [6.45, 7) is 8.38. The van der Waals surface area contributed by atoms with Crippen LogP contribution in [0.4, 0.5) is 19.3 Å². The first kappa shape index (κ1) is 32.1. The number of pyridine rings is 2. The monoisotopic (exact) mass is 659 g/mol. The summed E-state index contributed by atoms with van der Waals surface area (Å²) in [4.78, 5) is 23.5. The van der Waals surface area contributed by atoms with Gasteiger partial charge in [-0.25, -0.2) is 30.9 Å². The summed E-state index contributed by atoms with van der Waals surface area (Å²) in [5.74, 6) is -1.57. The number of aromatic nitrogens is 3. The number of ether oxygens (including phenoxy) is 1. The molecule has 0 bridgehead atoms. The number of fused-ring (bicyclic) bond motifs is 1. The number of halogens is 2. The number of amides is 1. The van der Waals surface area contributed by atoms with Crippen molar-refractivity contribution in [1.82, 2.24) is 18.8 Å². The van der Waals surface area contributed by atoms with Crippen LogP contribution in [0.3, 0.4) is 0 Å². The second-order valence-electron chi connectivity index (χ2n) is 12.7. The van der Waals surface area contributed by atoms with E-state index in [0.717, 1.165) is 34.5 Å². The van der Waals surface area contributed by atoms with Gasteiger partial charge >= 0.3 is 6.09 Å². The van der Waals surface area contributed by atoms with Crippen LogP contribution in [0, 0.1) is 18.6 Å². The summed E-state index contributed by atoms with van der Waals surface area (Å²) in [5.41, 5.74) is 2.07.